The van der Waals surface area contributed by atoms with Crippen LogP contribution >= 0.6 is 11.3 Å². The third-order valence-corrected chi connectivity index (χ3v) is 2.98. The van der Waals surface area contributed by atoms with Crippen LogP contribution in [0, 0.1) is 5.82 Å². The zero-order valence-electron chi connectivity index (χ0n) is 7.61. The molecular weight excluding hydrogens is 215 g/mol. The molecule has 0 aliphatic rings. The summed E-state index contributed by atoms with van der Waals surface area (Å²) in [7, 11) is 0. The monoisotopic (exact) mass is 222 g/mol. The van der Waals surface area contributed by atoms with Gasteiger partial charge in [-0.2, -0.15) is 0 Å². The molecule has 2 nitrogen and oxygen atoms in total. The first-order valence-electron chi connectivity index (χ1n) is 4.24. The molecule has 15 heavy (non-hydrogen) atoms. The van der Waals surface area contributed by atoms with Crippen LogP contribution < -0.4 is 0 Å². The topological polar surface area (TPSA) is 37.3 Å². The third-order valence-electron chi connectivity index (χ3n) is 2.02. The smallest absolute Gasteiger partial charge is 0.151 e. The van der Waals surface area contributed by atoms with Gasteiger partial charge in [0.1, 0.15) is 11.6 Å². The molecule has 0 atom stereocenters. The van der Waals surface area contributed by atoms with E-state index >= 15 is 0 Å². The van der Waals surface area contributed by atoms with Gasteiger partial charge in [-0.05, 0) is 23.6 Å². The molecular formula is C11H7FO2S. The molecule has 1 N–H and O–H groups in total. The molecule has 2 rings (SSSR count). The first kappa shape index (κ1) is 9.86. The van der Waals surface area contributed by atoms with Crippen LogP contribution in [0.2, 0.25) is 0 Å². The van der Waals surface area contributed by atoms with Crippen molar-refractivity contribution in [2.24, 2.45) is 0 Å². The maximum atomic E-state index is 13.5. The molecule has 0 fully saturated rings. The number of aldehydes is 1. The van der Waals surface area contributed by atoms with Gasteiger partial charge in [0.05, 0.1) is 0 Å². The standard InChI is InChI=1S/C11H7FO2S/c12-10-5-8(14)1-2-9(10)11-7(6-13)3-4-15-11/h1-6,14H. The van der Waals surface area contributed by atoms with E-state index in [1.165, 1.54) is 23.5 Å². The lowest BCUT2D eigenvalue weighted by Crippen LogP contribution is -1.85. The fraction of sp³-hybridized carbons (Fsp3) is 0. The number of thiophene rings is 1. The molecule has 0 spiro atoms. The van der Waals surface area contributed by atoms with Gasteiger partial charge in [0, 0.05) is 22.1 Å². The average Bonchev–Trinajstić information content (AvgIpc) is 2.65. The Balaban J connectivity index is 2.59. The summed E-state index contributed by atoms with van der Waals surface area (Å²) >= 11 is 1.29. The number of phenols is 1. The molecule has 1 heterocycles. The van der Waals surface area contributed by atoms with E-state index in [2.05, 4.69) is 0 Å². The van der Waals surface area contributed by atoms with Crippen LogP contribution in [0.4, 0.5) is 4.39 Å². The molecule has 1 aromatic carbocycles. The van der Waals surface area contributed by atoms with E-state index in [0.29, 0.717) is 22.3 Å². The van der Waals surface area contributed by atoms with Crippen LogP contribution in [0.25, 0.3) is 10.4 Å². The lowest BCUT2D eigenvalue weighted by molar-refractivity contribution is 0.112. The molecule has 0 aliphatic carbocycles. The highest BCUT2D eigenvalue weighted by Crippen LogP contribution is 2.32. The van der Waals surface area contributed by atoms with Gasteiger partial charge >= 0.3 is 0 Å². The number of aromatic hydroxyl groups is 1. The summed E-state index contributed by atoms with van der Waals surface area (Å²) in [6, 6.07) is 5.53. The van der Waals surface area contributed by atoms with Crippen LogP contribution in [0.5, 0.6) is 5.75 Å². The van der Waals surface area contributed by atoms with Crippen LogP contribution in [0.1, 0.15) is 10.4 Å². The maximum absolute atomic E-state index is 13.5. The Labute approximate surface area is 89.6 Å². The fourth-order valence-electron chi connectivity index (χ4n) is 1.32. The molecule has 0 bridgehead atoms. The number of phenolic OH excluding ortho intramolecular Hbond substituents is 1. The van der Waals surface area contributed by atoms with Crippen molar-refractivity contribution in [3.63, 3.8) is 0 Å². The van der Waals surface area contributed by atoms with Gasteiger partial charge in [-0.25, -0.2) is 4.39 Å². The van der Waals surface area contributed by atoms with Crippen LogP contribution in [-0.2, 0) is 0 Å². The Morgan fingerprint density at radius 1 is 1.33 bits per heavy atom. The predicted molar refractivity (Wildman–Crippen MR) is 56.8 cm³/mol. The van der Waals surface area contributed by atoms with Gasteiger partial charge < -0.3 is 5.11 Å². The molecule has 0 unspecified atom stereocenters. The molecule has 2 aromatic rings. The summed E-state index contributed by atoms with van der Waals surface area (Å²) < 4.78 is 13.5. The van der Waals surface area contributed by atoms with Gasteiger partial charge in [0.2, 0.25) is 0 Å². The van der Waals surface area contributed by atoms with Crippen LogP contribution in [-0.4, -0.2) is 11.4 Å². The van der Waals surface area contributed by atoms with Crippen molar-refractivity contribution < 1.29 is 14.3 Å². The van der Waals surface area contributed by atoms with Crippen molar-refractivity contribution in [2.75, 3.05) is 0 Å². The molecule has 1 aromatic heterocycles. The Kier molecular flexibility index (Phi) is 2.51. The third kappa shape index (κ3) is 1.76. The van der Waals surface area contributed by atoms with Crippen molar-refractivity contribution in [2.45, 2.75) is 0 Å². The SMILES string of the molecule is O=Cc1ccsc1-c1ccc(O)cc1F. The van der Waals surface area contributed by atoms with Crippen molar-refractivity contribution in [3.8, 4) is 16.2 Å². The van der Waals surface area contributed by atoms with E-state index in [1.807, 2.05) is 0 Å². The van der Waals surface area contributed by atoms with E-state index < -0.39 is 5.82 Å². The second-order valence-corrected chi connectivity index (χ2v) is 3.90. The Morgan fingerprint density at radius 2 is 2.13 bits per heavy atom. The number of carbonyl (C=O) groups is 1. The summed E-state index contributed by atoms with van der Waals surface area (Å²) in [4.78, 5) is 11.3. The van der Waals surface area contributed by atoms with E-state index in [9.17, 15) is 9.18 Å². The quantitative estimate of drug-likeness (QED) is 0.793. The summed E-state index contributed by atoms with van der Waals surface area (Å²) in [6.45, 7) is 0. The number of hydrogen-bond donors (Lipinski definition) is 1. The maximum Gasteiger partial charge on any atom is 0.151 e. The number of benzene rings is 1. The van der Waals surface area contributed by atoms with Crippen molar-refractivity contribution in [3.05, 3.63) is 41.0 Å². The molecule has 0 saturated heterocycles. The lowest BCUT2D eigenvalue weighted by Gasteiger charge is -2.01. The number of carbonyl (C=O) groups excluding carboxylic acids is 1. The zero-order valence-corrected chi connectivity index (χ0v) is 8.42. The minimum atomic E-state index is -0.527. The summed E-state index contributed by atoms with van der Waals surface area (Å²) in [5, 5.41) is 10.8. The molecule has 0 radical (unpaired) electrons. The Bertz CT molecular complexity index is 505. The average molecular weight is 222 g/mol. The van der Waals surface area contributed by atoms with Crippen molar-refractivity contribution in [1.82, 2.24) is 0 Å². The van der Waals surface area contributed by atoms with Gasteiger partial charge in [0.15, 0.2) is 6.29 Å². The zero-order chi connectivity index (χ0) is 10.8. The summed E-state index contributed by atoms with van der Waals surface area (Å²) in [5.41, 5.74) is 0.800. The fourth-order valence-corrected chi connectivity index (χ4v) is 2.21. The molecule has 0 amide bonds. The lowest BCUT2D eigenvalue weighted by atomic mass is 10.1. The van der Waals surface area contributed by atoms with Gasteiger partial charge in [0.25, 0.3) is 0 Å². The summed E-state index contributed by atoms with van der Waals surface area (Å²) in [5.74, 6) is -0.652. The number of hydrogen-bond acceptors (Lipinski definition) is 3. The van der Waals surface area contributed by atoms with Crippen LogP contribution in [0.3, 0.4) is 0 Å². The summed E-state index contributed by atoms with van der Waals surface area (Å²) in [6.07, 6.45) is 0.693. The highest BCUT2D eigenvalue weighted by molar-refractivity contribution is 7.14. The van der Waals surface area contributed by atoms with Crippen molar-refractivity contribution >= 4 is 17.6 Å². The van der Waals surface area contributed by atoms with Crippen LogP contribution in [0.15, 0.2) is 29.6 Å². The highest BCUT2D eigenvalue weighted by atomic mass is 32.1. The minimum absolute atomic E-state index is 0.125. The van der Waals surface area contributed by atoms with Gasteiger partial charge in [-0.15, -0.1) is 11.3 Å². The second-order valence-electron chi connectivity index (χ2n) is 2.99. The van der Waals surface area contributed by atoms with E-state index in [1.54, 1.807) is 11.4 Å². The number of rotatable bonds is 2. The molecule has 0 aliphatic heterocycles. The Morgan fingerprint density at radius 3 is 2.80 bits per heavy atom. The van der Waals surface area contributed by atoms with E-state index in [4.69, 9.17) is 5.11 Å². The second kappa shape index (κ2) is 3.82. The first-order valence-corrected chi connectivity index (χ1v) is 5.12. The molecule has 76 valence electrons. The first-order chi connectivity index (χ1) is 7.22. The predicted octanol–water partition coefficient (Wildman–Crippen LogP) is 3.07. The Hall–Kier alpha value is -1.68. The highest BCUT2D eigenvalue weighted by Gasteiger charge is 2.11. The van der Waals surface area contributed by atoms with E-state index in [-0.39, 0.29) is 5.75 Å². The molecule has 4 heteroatoms. The van der Waals surface area contributed by atoms with Gasteiger partial charge in [-0.1, -0.05) is 0 Å². The van der Waals surface area contributed by atoms with Crippen molar-refractivity contribution in [1.29, 1.82) is 0 Å². The van der Waals surface area contributed by atoms with Gasteiger partial charge in [-0.3, -0.25) is 4.79 Å². The minimum Gasteiger partial charge on any atom is -0.508 e. The van der Waals surface area contributed by atoms with E-state index in [0.717, 1.165) is 6.07 Å². The molecule has 0 saturated carbocycles. The number of halogens is 1. The largest absolute Gasteiger partial charge is 0.508 e. The normalized spacial score (nSPS) is 10.2.